The Balaban J connectivity index is 1.78. The maximum Gasteiger partial charge on any atom is 0.0772 e. The fourth-order valence-electron chi connectivity index (χ4n) is 3.07. The summed E-state index contributed by atoms with van der Waals surface area (Å²) in [6.07, 6.45) is 6.80. The van der Waals surface area contributed by atoms with Gasteiger partial charge in [0.15, 0.2) is 0 Å². The third kappa shape index (κ3) is 3.43. The van der Waals surface area contributed by atoms with Crippen LogP contribution in [0.5, 0.6) is 0 Å². The van der Waals surface area contributed by atoms with Gasteiger partial charge >= 0.3 is 0 Å². The van der Waals surface area contributed by atoms with Crippen molar-refractivity contribution in [3.63, 3.8) is 0 Å². The molecule has 0 saturated heterocycles. The first-order chi connectivity index (χ1) is 7.90. The molecule has 0 aromatic carbocycles. The van der Waals surface area contributed by atoms with Crippen LogP contribution in [0.3, 0.4) is 0 Å². The summed E-state index contributed by atoms with van der Waals surface area (Å²) in [5.74, 6) is 0. The van der Waals surface area contributed by atoms with Crippen LogP contribution in [0, 0.1) is 5.41 Å². The van der Waals surface area contributed by atoms with Crippen molar-refractivity contribution in [2.24, 2.45) is 5.41 Å². The molecule has 3 N–H and O–H groups in total. The van der Waals surface area contributed by atoms with Gasteiger partial charge in [-0.2, -0.15) is 0 Å². The molecular weight excluding hydrogens is 214 g/mol. The van der Waals surface area contributed by atoms with Gasteiger partial charge in [-0.15, -0.1) is 0 Å². The lowest BCUT2D eigenvalue weighted by Crippen LogP contribution is -2.49. The van der Waals surface area contributed by atoms with Gasteiger partial charge in [0.25, 0.3) is 0 Å². The van der Waals surface area contributed by atoms with Crippen molar-refractivity contribution < 1.29 is 10.2 Å². The van der Waals surface area contributed by atoms with E-state index in [2.05, 4.69) is 19.2 Å². The molecule has 0 heterocycles. The Morgan fingerprint density at radius 3 is 2.29 bits per heavy atom. The summed E-state index contributed by atoms with van der Waals surface area (Å²) in [5, 5.41) is 23.6. The van der Waals surface area contributed by atoms with E-state index in [1.807, 2.05) is 0 Å². The first kappa shape index (κ1) is 13.3. The Kier molecular flexibility index (Phi) is 3.81. The molecule has 100 valence electrons. The summed E-state index contributed by atoms with van der Waals surface area (Å²) in [7, 11) is 0. The summed E-state index contributed by atoms with van der Waals surface area (Å²) in [6, 6.07) is 0.203. The lowest BCUT2D eigenvalue weighted by molar-refractivity contribution is -0.0284. The molecule has 2 aliphatic carbocycles. The van der Waals surface area contributed by atoms with Crippen LogP contribution in [0.4, 0.5) is 0 Å². The molecule has 2 atom stereocenters. The Labute approximate surface area is 105 Å². The zero-order chi connectivity index (χ0) is 12.5. The van der Waals surface area contributed by atoms with E-state index >= 15 is 0 Å². The third-order valence-electron chi connectivity index (χ3n) is 4.71. The second-order valence-corrected chi connectivity index (χ2v) is 6.87. The van der Waals surface area contributed by atoms with Crippen molar-refractivity contribution >= 4 is 0 Å². The van der Waals surface area contributed by atoms with Crippen LogP contribution in [0.1, 0.15) is 58.8 Å². The summed E-state index contributed by atoms with van der Waals surface area (Å²) in [4.78, 5) is 0. The van der Waals surface area contributed by atoms with Gasteiger partial charge in [-0.25, -0.2) is 0 Å². The van der Waals surface area contributed by atoms with Gasteiger partial charge in [-0.05, 0) is 50.4 Å². The SMILES string of the molecule is CC1(C)CCC(O)(CNC2CCCC2O)CC1. The maximum absolute atomic E-state index is 10.5. The van der Waals surface area contributed by atoms with E-state index in [0.717, 1.165) is 44.9 Å². The topological polar surface area (TPSA) is 52.5 Å². The molecule has 17 heavy (non-hydrogen) atoms. The van der Waals surface area contributed by atoms with Crippen LogP contribution in [-0.4, -0.2) is 34.5 Å². The van der Waals surface area contributed by atoms with E-state index in [9.17, 15) is 10.2 Å². The molecule has 2 rings (SSSR count). The van der Waals surface area contributed by atoms with Crippen molar-refractivity contribution in [2.45, 2.75) is 76.5 Å². The monoisotopic (exact) mass is 241 g/mol. The summed E-state index contributed by atoms with van der Waals surface area (Å²) in [6.45, 7) is 5.20. The lowest BCUT2D eigenvalue weighted by Gasteiger charge is -2.41. The van der Waals surface area contributed by atoms with Crippen LogP contribution < -0.4 is 5.32 Å². The maximum atomic E-state index is 10.5. The summed E-state index contributed by atoms with van der Waals surface area (Å²) < 4.78 is 0. The van der Waals surface area contributed by atoms with Crippen molar-refractivity contribution in [2.75, 3.05) is 6.54 Å². The number of hydrogen-bond donors (Lipinski definition) is 3. The van der Waals surface area contributed by atoms with Gasteiger partial charge in [0.05, 0.1) is 11.7 Å². The average molecular weight is 241 g/mol. The quantitative estimate of drug-likeness (QED) is 0.706. The number of aliphatic hydroxyl groups is 2. The highest BCUT2D eigenvalue weighted by Gasteiger charge is 2.37. The highest BCUT2D eigenvalue weighted by molar-refractivity contribution is 4.93. The highest BCUT2D eigenvalue weighted by atomic mass is 16.3. The third-order valence-corrected chi connectivity index (χ3v) is 4.71. The van der Waals surface area contributed by atoms with Crippen molar-refractivity contribution in [1.82, 2.24) is 5.32 Å². The molecule has 3 heteroatoms. The van der Waals surface area contributed by atoms with E-state index in [-0.39, 0.29) is 12.1 Å². The van der Waals surface area contributed by atoms with Gasteiger partial charge in [0.2, 0.25) is 0 Å². The smallest absolute Gasteiger partial charge is 0.0772 e. The minimum Gasteiger partial charge on any atom is -0.392 e. The molecule has 0 radical (unpaired) electrons. The Morgan fingerprint density at radius 1 is 1.12 bits per heavy atom. The second-order valence-electron chi connectivity index (χ2n) is 6.87. The number of nitrogens with one attached hydrogen (secondary N) is 1. The van der Waals surface area contributed by atoms with Crippen molar-refractivity contribution in [3.05, 3.63) is 0 Å². The van der Waals surface area contributed by atoms with Crippen LogP contribution in [0.15, 0.2) is 0 Å². The highest BCUT2D eigenvalue weighted by Crippen LogP contribution is 2.40. The minimum absolute atomic E-state index is 0.203. The zero-order valence-electron chi connectivity index (χ0n) is 11.2. The van der Waals surface area contributed by atoms with Gasteiger partial charge in [0.1, 0.15) is 0 Å². The first-order valence-electron chi connectivity index (χ1n) is 7.04. The molecule has 2 saturated carbocycles. The van der Waals surface area contributed by atoms with E-state index in [0.29, 0.717) is 12.0 Å². The fraction of sp³-hybridized carbons (Fsp3) is 1.00. The molecule has 0 spiro atoms. The second kappa shape index (κ2) is 4.87. The van der Waals surface area contributed by atoms with Crippen LogP contribution in [0.25, 0.3) is 0 Å². The predicted molar refractivity (Wildman–Crippen MR) is 68.8 cm³/mol. The number of hydrogen-bond acceptors (Lipinski definition) is 3. The zero-order valence-corrected chi connectivity index (χ0v) is 11.2. The molecule has 0 bridgehead atoms. The van der Waals surface area contributed by atoms with Gasteiger partial charge in [0, 0.05) is 12.6 Å². The largest absolute Gasteiger partial charge is 0.392 e. The van der Waals surface area contributed by atoms with Crippen LogP contribution in [0.2, 0.25) is 0 Å². The fourth-order valence-corrected chi connectivity index (χ4v) is 3.07. The molecule has 0 aromatic rings. The lowest BCUT2D eigenvalue weighted by atomic mass is 9.71. The van der Waals surface area contributed by atoms with Crippen LogP contribution >= 0.6 is 0 Å². The first-order valence-corrected chi connectivity index (χ1v) is 7.04. The average Bonchev–Trinajstić information content (AvgIpc) is 2.67. The Hall–Kier alpha value is -0.120. The summed E-state index contributed by atoms with van der Waals surface area (Å²) >= 11 is 0. The van der Waals surface area contributed by atoms with Gasteiger partial charge in [-0.3, -0.25) is 0 Å². The van der Waals surface area contributed by atoms with E-state index in [1.54, 1.807) is 0 Å². The van der Waals surface area contributed by atoms with E-state index < -0.39 is 5.60 Å². The standard InChI is InChI=1S/C14H27NO2/c1-13(2)6-8-14(17,9-7-13)10-15-11-4-3-5-12(11)16/h11-12,15-17H,3-10H2,1-2H3. The molecule has 2 unspecified atom stereocenters. The van der Waals surface area contributed by atoms with E-state index in [1.165, 1.54) is 0 Å². The Bertz CT molecular complexity index is 255. The normalized spacial score (nSPS) is 36.0. The molecule has 0 aromatic heterocycles. The van der Waals surface area contributed by atoms with Gasteiger partial charge < -0.3 is 15.5 Å². The molecular formula is C14H27NO2. The predicted octanol–water partition coefficient (Wildman–Crippen LogP) is 1.82. The van der Waals surface area contributed by atoms with E-state index in [4.69, 9.17) is 0 Å². The van der Waals surface area contributed by atoms with Crippen molar-refractivity contribution in [1.29, 1.82) is 0 Å². The number of aliphatic hydroxyl groups excluding tert-OH is 1. The molecule has 3 nitrogen and oxygen atoms in total. The molecule has 2 aliphatic rings. The van der Waals surface area contributed by atoms with Crippen LogP contribution in [-0.2, 0) is 0 Å². The van der Waals surface area contributed by atoms with Crippen molar-refractivity contribution in [3.8, 4) is 0 Å². The molecule has 0 aliphatic heterocycles. The number of rotatable bonds is 3. The van der Waals surface area contributed by atoms with Gasteiger partial charge in [-0.1, -0.05) is 13.8 Å². The minimum atomic E-state index is -0.544. The summed E-state index contributed by atoms with van der Waals surface area (Å²) in [5.41, 5.74) is -0.156. The Morgan fingerprint density at radius 2 is 1.76 bits per heavy atom. The molecule has 0 amide bonds. The molecule has 2 fully saturated rings.